The van der Waals surface area contributed by atoms with Crippen molar-refractivity contribution in [3.63, 3.8) is 0 Å². The van der Waals surface area contributed by atoms with Crippen molar-refractivity contribution in [2.45, 2.75) is 63.8 Å². The SMILES string of the molecule is CN=C(NCC1CCCN1CC1CCCCC1)N1CCC2(CCOC2)C1. The highest BCUT2D eigenvalue weighted by Crippen LogP contribution is 2.38. The van der Waals surface area contributed by atoms with Crippen molar-refractivity contribution in [1.29, 1.82) is 0 Å². The molecule has 4 rings (SSSR count). The van der Waals surface area contributed by atoms with E-state index in [4.69, 9.17) is 4.74 Å². The van der Waals surface area contributed by atoms with Gasteiger partial charge in [0, 0.05) is 51.3 Å². The van der Waals surface area contributed by atoms with Gasteiger partial charge >= 0.3 is 0 Å². The maximum Gasteiger partial charge on any atom is 0.193 e. The average molecular weight is 363 g/mol. The molecule has 2 unspecified atom stereocenters. The number of rotatable bonds is 4. The molecule has 3 heterocycles. The van der Waals surface area contributed by atoms with Crippen LogP contribution in [0.15, 0.2) is 4.99 Å². The lowest BCUT2D eigenvalue weighted by molar-refractivity contribution is 0.156. The summed E-state index contributed by atoms with van der Waals surface area (Å²) < 4.78 is 5.68. The summed E-state index contributed by atoms with van der Waals surface area (Å²) in [5, 5.41) is 3.72. The topological polar surface area (TPSA) is 40.1 Å². The fourth-order valence-electron chi connectivity index (χ4n) is 5.70. The zero-order valence-electron chi connectivity index (χ0n) is 16.7. The summed E-state index contributed by atoms with van der Waals surface area (Å²) in [6, 6.07) is 0.694. The summed E-state index contributed by atoms with van der Waals surface area (Å²) in [5.41, 5.74) is 0.401. The highest BCUT2D eigenvalue weighted by Gasteiger charge is 2.42. The molecule has 148 valence electrons. The fraction of sp³-hybridized carbons (Fsp3) is 0.952. The number of nitrogens with zero attached hydrogens (tertiary/aromatic N) is 3. The van der Waals surface area contributed by atoms with E-state index in [0.717, 1.165) is 44.7 Å². The van der Waals surface area contributed by atoms with Gasteiger partial charge in [-0.15, -0.1) is 0 Å². The minimum atomic E-state index is 0.401. The highest BCUT2D eigenvalue weighted by atomic mass is 16.5. The molecule has 1 spiro atoms. The van der Waals surface area contributed by atoms with Crippen LogP contribution in [-0.2, 0) is 4.74 Å². The van der Waals surface area contributed by atoms with E-state index in [1.807, 2.05) is 7.05 Å². The number of guanidine groups is 1. The van der Waals surface area contributed by atoms with Crippen LogP contribution in [0.3, 0.4) is 0 Å². The Labute approximate surface area is 159 Å². The van der Waals surface area contributed by atoms with Crippen LogP contribution in [0.2, 0.25) is 0 Å². The minimum Gasteiger partial charge on any atom is -0.381 e. The van der Waals surface area contributed by atoms with Crippen molar-refractivity contribution in [1.82, 2.24) is 15.1 Å². The first-order valence-corrected chi connectivity index (χ1v) is 11.1. The Morgan fingerprint density at radius 1 is 1.12 bits per heavy atom. The van der Waals surface area contributed by atoms with Crippen molar-refractivity contribution in [2.24, 2.45) is 16.3 Å². The summed E-state index contributed by atoms with van der Waals surface area (Å²) in [6.45, 7) is 7.80. The van der Waals surface area contributed by atoms with Crippen molar-refractivity contribution >= 4 is 5.96 Å². The predicted octanol–water partition coefficient (Wildman–Crippen LogP) is 2.72. The first-order valence-electron chi connectivity index (χ1n) is 11.1. The van der Waals surface area contributed by atoms with Gasteiger partial charge in [0.25, 0.3) is 0 Å². The van der Waals surface area contributed by atoms with Crippen molar-refractivity contribution in [3.05, 3.63) is 0 Å². The maximum atomic E-state index is 5.68. The van der Waals surface area contributed by atoms with Crippen LogP contribution in [-0.4, -0.2) is 74.8 Å². The molecule has 0 aromatic heterocycles. The number of aliphatic imine (C=N–C) groups is 1. The lowest BCUT2D eigenvalue weighted by atomic mass is 9.87. The second-order valence-electron chi connectivity index (χ2n) is 9.20. The van der Waals surface area contributed by atoms with E-state index in [0.29, 0.717) is 11.5 Å². The van der Waals surface area contributed by atoms with Crippen molar-refractivity contribution < 1.29 is 4.74 Å². The molecule has 1 saturated carbocycles. The zero-order chi connectivity index (χ0) is 17.8. The van der Waals surface area contributed by atoms with E-state index in [1.54, 1.807) is 0 Å². The van der Waals surface area contributed by atoms with Crippen LogP contribution >= 0.6 is 0 Å². The highest BCUT2D eigenvalue weighted by molar-refractivity contribution is 5.80. The maximum absolute atomic E-state index is 5.68. The van der Waals surface area contributed by atoms with E-state index in [-0.39, 0.29) is 0 Å². The Morgan fingerprint density at radius 2 is 2.00 bits per heavy atom. The van der Waals surface area contributed by atoms with Gasteiger partial charge in [-0.2, -0.15) is 0 Å². The van der Waals surface area contributed by atoms with Gasteiger partial charge in [-0.1, -0.05) is 19.3 Å². The van der Waals surface area contributed by atoms with Gasteiger partial charge in [0.2, 0.25) is 0 Å². The molecule has 0 radical (unpaired) electrons. The van der Waals surface area contributed by atoms with Gasteiger partial charge in [0.05, 0.1) is 6.61 Å². The van der Waals surface area contributed by atoms with E-state index in [2.05, 4.69) is 20.1 Å². The largest absolute Gasteiger partial charge is 0.381 e. The van der Waals surface area contributed by atoms with E-state index in [9.17, 15) is 0 Å². The third kappa shape index (κ3) is 4.19. The summed E-state index contributed by atoms with van der Waals surface area (Å²) in [4.78, 5) is 9.84. The second kappa shape index (κ2) is 8.47. The van der Waals surface area contributed by atoms with Gasteiger partial charge < -0.3 is 15.0 Å². The molecular weight excluding hydrogens is 324 g/mol. The van der Waals surface area contributed by atoms with Crippen LogP contribution in [0, 0.1) is 11.3 Å². The Bertz CT molecular complexity index is 482. The summed E-state index contributed by atoms with van der Waals surface area (Å²) >= 11 is 0. The van der Waals surface area contributed by atoms with Crippen LogP contribution in [0.1, 0.15) is 57.8 Å². The Hall–Kier alpha value is -0.810. The number of hydrogen-bond donors (Lipinski definition) is 1. The molecule has 0 aromatic rings. The third-order valence-electron chi connectivity index (χ3n) is 7.35. The molecule has 3 aliphatic heterocycles. The van der Waals surface area contributed by atoms with Crippen LogP contribution in [0.25, 0.3) is 0 Å². The molecule has 5 heteroatoms. The predicted molar refractivity (Wildman–Crippen MR) is 107 cm³/mol. The molecule has 3 saturated heterocycles. The molecule has 0 aromatic carbocycles. The first-order chi connectivity index (χ1) is 12.8. The molecular formula is C21H38N4O. The quantitative estimate of drug-likeness (QED) is 0.617. The molecule has 2 atom stereocenters. The van der Waals surface area contributed by atoms with Gasteiger partial charge in [-0.3, -0.25) is 9.89 Å². The van der Waals surface area contributed by atoms with Gasteiger partial charge in [-0.05, 0) is 51.0 Å². The summed E-state index contributed by atoms with van der Waals surface area (Å²) in [7, 11) is 1.94. The molecule has 0 amide bonds. The van der Waals surface area contributed by atoms with Gasteiger partial charge in [-0.25, -0.2) is 0 Å². The molecule has 0 bridgehead atoms. The van der Waals surface area contributed by atoms with Crippen LogP contribution < -0.4 is 5.32 Å². The number of ether oxygens (including phenoxy) is 1. The number of nitrogens with one attached hydrogen (secondary N) is 1. The smallest absolute Gasteiger partial charge is 0.193 e. The van der Waals surface area contributed by atoms with Crippen LogP contribution in [0.4, 0.5) is 0 Å². The molecule has 26 heavy (non-hydrogen) atoms. The fourth-order valence-corrected chi connectivity index (χ4v) is 5.70. The summed E-state index contributed by atoms with van der Waals surface area (Å²) in [5.74, 6) is 2.06. The Kier molecular flexibility index (Phi) is 6.04. The standard InChI is InChI=1S/C21H38N4O/c1-22-20(25-12-9-21(16-25)10-13-26-17-21)23-14-19-8-5-11-24(19)15-18-6-3-2-4-7-18/h18-19H,2-17H2,1H3,(H,22,23). The second-order valence-corrected chi connectivity index (χ2v) is 9.20. The zero-order valence-corrected chi connectivity index (χ0v) is 16.7. The number of hydrogen-bond acceptors (Lipinski definition) is 3. The monoisotopic (exact) mass is 362 g/mol. The minimum absolute atomic E-state index is 0.401. The third-order valence-corrected chi connectivity index (χ3v) is 7.35. The Balaban J connectivity index is 1.26. The molecule has 1 aliphatic carbocycles. The lowest BCUT2D eigenvalue weighted by Gasteiger charge is -2.32. The average Bonchev–Trinajstić information content (AvgIpc) is 3.40. The van der Waals surface area contributed by atoms with Crippen molar-refractivity contribution in [2.75, 3.05) is 53.0 Å². The van der Waals surface area contributed by atoms with E-state index in [1.165, 1.54) is 70.9 Å². The van der Waals surface area contributed by atoms with E-state index < -0.39 is 0 Å². The van der Waals surface area contributed by atoms with E-state index >= 15 is 0 Å². The lowest BCUT2D eigenvalue weighted by Crippen LogP contribution is -2.47. The number of likely N-dealkylation sites (tertiary alicyclic amines) is 2. The van der Waals surface area contributed by atoms with Gasteiger partial charge in [0.15, 0.2) is 5.96 Å². The Morgan fingerprint density at radius 3 is 2.77 bits per heavy atom. The molecule has 4 aliphatic rings. The molecule has 5 nitrogen and oxygen atoms in total. The molecule has 1 N–H and O–H groups in total. The molecule has 4 fully saturated rings. The van der Waals surface area contributed by atoms with Crippen molar-refractivity contribution in [3.8, 4) is 0 Å². The summed E-state index contributed by atoms with van der Waals surface area (Å²) in [6.07, 6.45) is 12.5. The van der Waals surface area contributed by atoms with Crippen LogP contribution in [0.5, 0.6) is 0 Å². The normalized spacial score (nSPS) is 34.3. The van der Waals surface area contributed by atoms with Gasteiger partial charge in [0.1, 0.15) is 0 Å². The first kappa shape index (κ1) is 18.5.